The molecule has 0 bridgehead atoms. The second-order valence-corrected chi connectivity index (χ2v) is 5.06. The Balaban J connectivity index is 1.71. The maximum atomic E-state index is 9.56. The highest BCUT2D eigenvalue weighted by molar-refractivity contribution is 4.77. The quantitative estimate of drug-likeness (QED) is 0.432. The smallest absolute Gasteiger partial charge is 0.107 e. The Morgan fingerprint density at radius 1 is 1.00 bits per heavy atom. The summed E-state index contributed by atoms with van der Waals surface area (Å²) in [7, 11) is 0. The van der Waals surface area contributed by atoms with Gasteiger partial charge in [0.05, 0.1) is 12.7 Å². The zero-order chi connectivity index (χ0) is 11.6. The fourth-order valence-electron chi connectivity index (χ4n) is 2.13. The highest BCUT2D eigenvalue weighted by atomic mass is 16.6. The Morgan fingerprint density at radius 2 is 1.50 bits per heavy atom. The van der Waals surface area contributed by atoms with Gasteiger partial charge in [-0.3, -0.25) is 0 Å². The number of epoxide rings is 1. The molecule has 1 saturated heterocycles. The van der Waals surface area contributed by atoms with E-state index in [4.69, 9.17) is 4.74 Å². The summed E-state index contributed by atoms with van der Waals surface area (Å²) in [5.41, 5.74) is 0. The van der Waals surface area contributed by atoms with Crippen LogP contribution >= 0.6 is 0 Å². The van der Waals surface area contributed by atoms with Gasteiger partial charge in [0, 0.05) is 0 Å². The first kappa shape index (κ1) is 14.0. The zero-order valence-corrected chi connectivity index (χ0v) is 10.8. The Kier molecular flexibility index (Phi) is 7.87. The molecule has 1 aliphatic heterocycles. The van der Waals surface area contributed by atoms with E-state index in [1.807, 2.05) is 0 Å². The van der Waals surface area contributed by atoms with Crippen molar-refractivity contribution in [2.75, 3.05) is 6.61 Å². The molecule has 1 heterocycles. The minimum absolute atomic E-state index is 0.175. The molecular formula is C14H28O2. The zero-order valence-electron chi connectivity index (χ0n) is 10.8. The summed E-state index contributed by atoms with van der Waals surface area (Å²) in [6, 6.07) is 0. The number of rotatable bonds is 11. The normalized spacial score (nSPS) is 21.0. The monoisotopic (exact) mass is 228 g/mol. The van der Waals surface area contributed by atoms with E-state index >= 15 is 0 Å². The Labute approximate surface area is 100 Å². The van der Waals surface area contributed by atoms with Gasteiger partial charge in [0.1, 0.15) is 6.10 Å². The molecule has 0 unspecified atom stereocenters. The first-order chi connectivity index (χ1) is 7.84. The minimum Gasteiger partial charge on any atom is -0.390 e. The summed E-state index contributed by atoms with van der Waals surface area (Å²) in [6.45, 7) is 3.04. The SMILES string of the molecule is CCCCCCCCCCC[C@H](O)[C@@H]1CO1. The third-order valence-electron chi connectivity index (χ3n) is 3.39. The van der Waals surface area contributed by atoms with Crippen LogP contribution in [-0.4, -0.2) is 23.9 Å². The molecular weight excluding hydrogens is 200 g/mol. The van der Waals surface area contributed by atoms with Gasteiger partial charge in [-0.15, -0.1) is 0 Å². The number of hydrogen-bond donors (Lipinski definition) is 1. The molecule has 0 aromatic carbocycles. The van der Waals surface area contributed by atoms with E-state index in [9.17, 15) is 5.11 Å². The van der Waals surface area contributed by atoms with Crippen LogP contribution in [0.25, 0.3) is 0 Å². The van der Waals surface area contributed by atoms with Gasteiger partial charge in [0.2, 0.25) is 0 Å². The molecule has 16 heavy (non-hydrogen) atoms. The van der Waals surface area contributed by atoms with Gasteiger partial charge >= 0.3 is 0 Å². The predicted molar refractivity (Wildman–Crippen MR) is 67.6 cm³/mol. The molecule has 0 aromatic rings. The van der Waals surface area contributed by atoms with Crippen molar-refractivity contribution < 1.29 is 9.84 Å². The van der Waals surface area contributed by atoms with Crippen molar-refractivity contribution in [3.05, 3.63) is 0 Å². The van der Waals surface area contributed by atoms with Crippen LogP contribution in [0.15, 0.2) is 0 Å². The van der Waals surface area contributed by atoms with Gasteiger partial charge in [-0.25, -0.2) is 0 Å². The lowest BCUT2D eigenvalue weighted by molar-refractivity contribution is 0.123. The topological polar surface area (TPSA) is 32.8 Å². The first-order valence-corrected chi connectivity index (χ1v) is 7.14. The molecule has 0 radical (unpaired) electrons. The molecule has 96 valence electrons. The van der Waals surface area contributed by atoms with Crippen LogP contribution in [0.4, 0.5) is 0 Å². The molecule has 1 N–H and O–H groups in total. The largest absolute Gasteiger partial charge is 0.390 e. The lowest BCUT2D eigenvalue weighted by Crippen LogP contribution is -2.13. The van der Waals surface area contributed by atoms with E-state index in [1.54, 1.807) is 0 Å². The van der Waals surface area contributed by atoms with Gasteiger partial charge in [0.15, 0.2) is 0 Å². The molecule has 0 aliphatic carbocycles. The summed E-state index contributed by atoms with van der Waals surface area (Å²) in [5.74, 6) is 0. The van der Waals surface area contributed by atoms with Crippen LogP contribution in [0.3, 0.4) is 0 Å². The van der Waals surface area contributed by atoms with E-state index in [-0.39, 0.29) is 12.2 Å². The van der Waals surface area contributed by atoms with Crippen molar-refractivity contribution in [1.29, 1.82) is 0 Å². The molecule has 2 heteroatoms. The van der Waals surface area contributed by atoms with Crippen LogP contribution in [0, 0.1) is 0 Å². The second kappa shape index (κ2) is 9.00. The summed E-state index contributed by atoms with van der Waals surface area (Å²) < 4.78 is 5.05. The van der Waals surface area contributed by atoms with Crippen LogP contribution in [0.5, 0.6) is 0 Å². The summed E-state index contributed by atoms with van der Waals surface area (Å²) in [4.78, 5) is 0. The van der Waals surface area contributed by atoms with Crippen molar-refractivity contribution in [1.82, 2.24) is 0 Å². The number of ether oxygens (including phenoxy) is 1. The molecule has 0 amide bonds. The average molecular weight is 228 g/mol. The third-order valence-corrected chi connectivity index (χ3v) is 3.39. The van der Waals surface area contributed by atoms with Gasteiger partial charge < -0.3 is 9.84 Å². The van der Waals surface area contributed by atoms with E-state index in [0.717, 1.165) is 19.4 Å². The second-order valence-electron chi connectivity index (χ2n) is 5.06. The van der Waals surface area contributed by atoms with E-state index in [0.29, 0.717) is 0 Å². The highest BCUT2D eigenvalue weighted by Gasteiger charge is 2.30. The van der Waals surface area contributed by atoms with E-state index < -0.39 is 0 Å². The lowest BCUT2D eigenvalue weighted by Gasteiger charge is -2.06. The molecule has 1 aliphatic rings. The Hall–Kier alpha value is -0.0800. The van der Waals surface area contributed by atoms with E-state index in [1.165, 1.54) is 51.4 Å². The predicted octanol–water partition coefficient (Wildman–Crippen LogP) is 3.67. The fourth-order valence-corrected chi connectivity index (χ4v) is 2.13. The molecule has 1 rings (SSSR count). The minimum atomic E-state index is -0.190. The van der Waals surface area contributed by atoms with Gasteiger partial charge in [-0.2, -0.15) is 0 Å². The Morgan fingerprint density at radius 3 is 2.00 bits per heavy atom. The Bertz CT molecular complexity index is 155. The van der Waals surface area contributed by atoms with Crippen molar-refractivity contribution in [2.45, 2.75) is 83.3 Å². The van der Waals surface area contributed by atoms with E-state index in [2.05, 4.69) is 6.92 Å². The average Bonchev–Trinajstić information content (AvgIpc) is 3.10. The summed E-state index contributed by atoms with van der Waals surface area (Å²) in [5, 5.41) is 9.56. The van der Waals surface area contributed by atoms with Gasteiger partial charge in [-0.1, -0.05) is 64.7 Å². The molecule has 1 fully saturated rings. The number of aliphatic hydroxyl groups excluding tert-OH is 1. The van der Waals surface area contributed by atoms with Crippen LogP contribution in [-0.2, 0) is 4.74 Å². The number of aliphatic hydroxyl groups is 1. The number of unbranched alkanes of at least 4 members (excludes halogenated alkanes) is 8. The number of hydrogen-bond acceptors (Lipinski definition) is 2. The van der Waals surface area contributed by atoms with Crippen molar-refractivity contribution in [3.63, 3.8) is 0 Å². The molecule has 0 spiro atoms. The molecule has 0 aromatic heterocycles. The maximum absolute atomic E-state index is 9.56. The first-order valence-electron chi connectivity index (χ1n) is 7.14. The highest BCUT2D eigenvalue weighted by Crippen LogP contribution is 2.19. The van der Waals surface area contributed by atoms with Gasteiger partial charge in [0.25, 0.3) is 0 Å². The molecule has 0 saturated carbocycles. The van der Waals surface area contributed by atoms with Crippen LogP contribution in [0.1, 0.15) is 71.1 Å². The lowest BCUT2D eigenvalue weighted by atomic mass is 10.0. The van der Waals surface area contributed by atoms with Crippen molar-refractivity contribution in [3.8, 4) is 0 Å². The fraction of sp³-hybridized carbons (Fsp3) is 1.00. The summed E-state index contributed by atoms with van der Waals surface area (Å²) in [6.07, 6.45) is 13.0. The summed E-state index contributed by atoms with van der Waals surface area (Å²) >= 11 is 0. The van der Waals surface area contributed by atoms with Crippen LogP contribution < -0.4 is 0 Å². The van der Waals surface area contributed by atoms with Crippen molar-refractivity contribution >= 4 is 0 Å². The maximum Gasteiger partial charge on any atom is 0.107 e. The molecule has 2 nitrogen and oxygen atoms in total. The standard InChI is InChI=1S/C14H28O2/c1-2-3-4-5-6-7-8-9-10-11-13(15)14-12-16-14/h13-15H,2-12H2,1H3/t13-,14-/m0/s1. The van der Waals surface area contributed by atoms with Crippen LogP contribution in [0.2, 0.25) is 0 Å². The molecule has 2 atom stereocenters. The third kappa shape index (κ3) is 7.24. The van der Waals surface area contributed by atoms with Crippen molar-refractivity contribution in [2.24, 2.45) is 0 Å². The van der Waals surface area contributed by atoms with Gasteiger partial charge in [-0.05, 0) is 6.42 Å².